The van der Waals surface area contributed by atoms with Crippen LogP contribution in [0.2, 0.25) is 0 Å². The zero-order valence-electron chi connectivity index (χ0n) is 15.8. The monoisotopic (exact) mass is 367 g/mol. The Morgan fingerprint density at radius 2 is 1.58 bits per heavy atom. The Balaban J connectivity index is 1.40. The van der Waals surface area contributed by atoms with E-state index in [1.165, 1.54) is 26.4 Å². The van der Waals surface area contributed by atoms with Gasteiger partial charge >= 0.3 is 12.0 Å². The van der Waals surface area contributed by atoms with Crippen molar-refractivity contribution in [2.45, 2.75) is 82.0 Å². The number of rotatable bonds is 4. The maximum Gasteiger partial charge on any atom is 0.315 e. The Labute approximate surface area is 155 Å². The van der Waals surface area contributed by atoms with Crippen molar-refractivity contribution in [1.29, 1.82) is 0 Å². The van der Waals surface area contributed by atoms with Crippen LogP contribution in [-0.2, 0) is 9.53 Å². The van der Waals surface area contributed by atoms with E-state index in [1.54, 1.807) is 0 Å². The van der Waals surface area contributed by atoms with E-state index in [0.29, 0.717) is 18.9 Å². The lowest BCUT2D eigenvalue weighted by Crippen LogP contribution is -2.52. The SMILES string of the molecule is COC(=O)[C@@H]1C[C@@H](O)[C@H](N2CCC(NC(=O)NC3CCCCC3)CC2)C1. The van der Waals surface area contributed by atoms with Crippen LogP contribution in [0.3, 0.4) is 0 Å². The van der Waals surface area contributed by atoms with Crippen LogP contribution in [0.25, 0.3) is 0 Å². The predicted molar refractivity (Wildman–Crippen MR) is 97.7 cm³/mol. The van der Waals surface area contributed by atoms with Gasteiger partial charge in [0.2, 0.25) is 0 Å². The van der Waals surface area contributed by atoms with Crippen molar-refractivity contribution in [3.8, 4) is 0 Å². The van der Waals surface area contributed by atoms with Crippen molar-refractivity contribution < 1.29 is 19.4 Å². The summed E-state index contributed by atoms with van der Waals surface area (Å²) in [4.78, 5) is 26.2. The molecule has 1 saturated heterocycles. The quantitative estimate of drug-likeness (QED) is 0.654. The molecular formula is C19H33N3O4. The average Bonchev–Trinajstić information content (AvgIpc) is 3.04. The standard InChI is InChI=1S/C19H33N3O4/c1-26-18(24)13-11-16(17(23)12-13)22-9-7-15(8-10-22)21-19(25)20-14-5-3-2-4-6-14/h13-17,23H,2-12H2,1H3,(H2,20,21,25)/t13-,16+,17+/m0/s1. The summed E-state index contributed by atoms with van der Waals surface area (Å²) < 4.78 is 4.82. The van der Waals surface area contributed by atoms with Gasteiger partial charge in [-0.15, -0.1) is 0 Å². The van der Waals surface area contributed by atoms with Crippen LogP contribution >= 0.6 is 0 Å². The van der Waals surface area contributed by atoms with Gasteiger partial charge in [-0.25, -0.2) is 4.79 Å². The highest BCUT2D eigenvalue weighted by Crippen LogP contribution is 2.32. The largest absolute Gasteiger partial charge is 0.469 e. The normalized spacial score (nSPS) is 31.5. The van der Waals surface area contributed by atoms with Crippen molar-refractivity contribution in [3.63, 3.8) is 0 Å². The molecule has 2 saturated carbocycles. The molecule has 7 nitrogen and oxygen atoms in total. The Bertz CT molecular complexity index is 487. The highest BCUT2D eigenvalue weighted by molar-refractivity contribution is 5.74. The zero-order chi connectivity index (χ0) is 18.5. The highest BCUT2D eigenvalue weighted by atomic mass is 16.5. The van der Waals surface area contributed by atoms with Gasteiger partial charge in [-0.3, -0.25) is 9.69 Å². The minimum Gasteiger partial charge on any atom is -0.469 e. The first-order valence-electron chi connectivity index (χ1n) is 10.1. The van der Waals surface area contributed by atoms with Gasteiger partial charge in [-0.2, -0.15) is 0 Å². The molecule has 148 valence electrons. The number of piperidine rings is 1. The highest BCUT2D eigenvalue weighted by Gasteiger charge is 2.41. The number of hydrogen-bond acceptors (Lipinski definition) is 5. The van der Waals surface area contributed by atoms with Gasteiger partial charge in [0.15, 0.2) is 0 Å². The molecule has 26 heavy (non-hydrogen) atoms. The van der Waals surface area contributed by atoms with Crippen molar-refractivity contribution in [2.75, 3.05) is 20.2 Å². The van der Waals surface area contributed by atoms with E-state index in [2.05, 4.69) is 15.5 Å². The van der Waals surface area contributed by atoms with E-state index in [-0.39, 0.29) is 30.0 Å². The molecule has 0 spiro atoms. The first-order valence-corrected chi connectivity index (χ1v) is 10.1. The van der Waals surface area contributed by atoms with Crippen LogP contribution in [0.5, 0.6) is 0 Å². The third-order valence-corrected chi connectivity index (χ3v) is 6.30. The van der Waals surface area contributed by atoms with E-state index in [0.717, 1.165) is 38.8 Å². The summed E-state index contributed by atoms with van der Waals surface area (Å²) in [6.07, 6.45) is 8.31. The van der Waals surface area contributed by atoms with E-state index in [4.69, 9.17) is 4.74 Å². The van der Waals surface area contributed by atoms with Crippen molar-refractivity contribution in [3.05, 3.63) is 0 Å². The van der Waals surface area contributed by atoms with E-state index in [9.17, 15) is 14.7 Å². The van der Waals surface area contributed by atoms with Crippen molar-refractivity contribution >= 4 is 12.0 Å². The van der Waals surface area contributed by atoms with Crippen molar-refractivity contribution in [2.24, 2.45) is 5.92 Å². The molecule has 2 aliphatic carbocycles. The van der Waals surface area contributed by atoms with Crippen LogP contribution in [0, 0.1) is 5.92 Å². The average molecular weight is 367 g/mol. The molecule has 3 rings (SSSR count). The molecule has 1 heterocycles. The fourth-order valence-corrected chi connectivity index (χ4v) is 4.78. The van der Waals surface area contributed by atoms with Gasteiger partial charge in [0.1, 0.15) is 0 Å². The second-order valence-electron chi connectivity index (χ2n) is 8.09. The van der Waals surface area contributed by atoms with Gasteiger partial charge < -0.3 is 20.5 Å². The lowest BCUT2D eigenvalue weighted by atomic mass is 9.96. The minimum atomic E-state index is -0.474. The molecule has 0 radical (unpaired) electrons. The fraction of sp³-hybridized carbons (Fsp3) is 0.895. The van der Waals surface area contributed by atoms with Crippen LogP contribution in [-0.4, -0.2) is 66.4 Å². The predicted octanol–water partition coefficient (Wildman–Crippen LogP) is 1.40. The van der Waals surface area contributed by atoms with E-state index >= 15 is 0 Å². The third kappa shape index (κ3) is 4.88. The number of likely N-dealkylation sites (tertiary alicyclic amines) is 1. The zero-order valence-corrected chi connectivity index (χ0v) is 15.8. The maximum atomic E-state index is 12.2. The van der Waals surface area contributed by atoms with Gasteiger partial charge in [-0.05, 0) is 38.5 Å². The topological polar surface area (TPSA) is 90.9 Å². The van der Waals surface area contributed by atoms with Gasteiger partial charge in [0, 0.05) is 31.2 Å². The number of nitrogens with zero attached hydrogens (tertiary/aromatic N) is 1. The molecule has 2 amide bonds. The molecule has 0 aromatic carbocycles. The Kier molecular flexibility index (Phi) is 6.75. The van der Waals surface area contributed by atoms with Crippen LogP contribution < -0.4 is 10.6 Å². The Morgan fingerprint density at radius 1 is 0.962 bits per heavy atom. The number of aliphatic hydroxyl groups excluding tert-OH is 1. The van der Waals surface area contributed by atoms with Crippen LogP contribution in [0.1, 0.15) is 57.8 Å². The number of methoxy groups -OCH3 is 1. The number of aliphatic hydroxyl groups is 1. The second-order valence-corrected chi connectivity index (χ2v) is 8.09. The number of ether oxygens (including phenoxy) is 1. The Hall–Kier alpha value is -1.34. The second kappa shape index (κ2) is 9.04. The van der Waals surface area contributed by atoms with E-state index < -0.39 is 6.10 Å². The smallest absolute Gasteiger partial charge is 0.315 e. The molecular weight excluding hydrogens is 334 g/mol. The number of hydrogen-bond donors (Lipinski definition) is 3. The summed E-state index contributed by atoms with van der Waals surface area (Å²) in [5.41, 5.74) is 0. The molecule has 3 aliphatic rings. The first kappa shape index (κ1) is 19.4. The number of carbonyl (C=O) groups is 2. The van der Waals surface area contributed by atoms with Gasteiger partial charge in [0.05, 0.1) is 19.1 Å². The molecule has 1 aliphatic heterocycles. The van der Waals surface area contributed by atoms with E-state index in [1.807, 2.05) is 0 Å². The molecule has 3 fully saturated rings. The fourth-order valence-electron chi connectivity index (χ4n) is 4.78. The molecule has 3 atom stereocenters. The summed E-state index contributed by atoms with van der Waals surface area (Å²) in [5.74, 6) is -0.417. The Morgan fingerprint density at radius 3 is 2.19 bits per heavy atom. The van der Waals surface area contributed by atoms with Crippen LogP contribution in [0.15, 0.2) is 0 Å². The van der Waals surface area contributed by atoms with Crippen molar-refractivity contribution in [1.82, 2.24) is 15.5 Å². The summed E-state index contributed by atoms with van der Waals surface area (Å²) in [6, 6.07) is 0.496. The van der Waals surface area contributed by atoms with Crippen LogP contribution in [0.4, 0.5) is 4.79 Å². The van der Waals surface area contributed by atoms with Gasteiger partial charge in [-0.1, -0.05) is 19.3 Å². The summed E-state index contributed by atoms with van der Waals surface area (Å²) in [6.45, 7) is 1.67. The molecule has 3 N–H and O–H groups in total. The molecule has 0 bridgehead atoms. The summed E-state index contributed by atoms with van der Waals surface area (Å²) in [7, 11) is 1.40. The molecule has 0 aromatic rings. The minimum absolute atomic E-state index is 0.0242. The summed E-state index contributed by atoms with van der Waals surface area (Å²) >= 11 is 0. The number of urea groups is 1. The maximum absolute atomic E-state index is 12.2. The first-order chi connectivity index (χ1) is 12.6. The lowest BCUT2D eigenvalue weighted by Gasteiger charge is -2.37. The molecule has 0 unspecified atom stereocenters. The lowest BCUT2D eigenvalue weighted by molar-refractivity contribution is -0.145. The number of esters is 1. The number of amides is 2. The number of nitrogens with one attached hydrogen (secondary N) is 2. The summed E-state index contributed by atoms with van der Waals surface area (Å²) in [5, 5.41) is 16.5. The van der Waals surface area contributed by atoms with Gasteiger partial charge in [0.25, 0.3) is 0 Å². The third-order valence-electron chi connectivity index (χ3n) is 6.30. The number of carbonyl (C=O) groups excluding carboxylic acids is 2. The molecule has 0 aromatic heterocycles. The molecule has 7 heteroatoms.